The van der Waals surface area contributed by atoms with Crippen molar-refractivity contribution in [1.29, 1.82) is 0 Å². The molecule has 4 aromatic heterocycles. The second-order valence-corrected chi connectivity index (χ2v) is 20.5. The molecule has 3 amide bonds. The predicted octanol–water partition coefficient (Wildman–Crippen LogP) is 6.64. The van der Waals surface area contributed by atoms with Crippen molar-refractivity contribution in [3.05, 3.63) is 114 Å². The molecular weight excluding hydrogens is 1020 g/mol. The van der Waals surface area contributed by atoms with Crippen molar-refractivity contribution in [3.8, 4) is 0 Å². The van der Waals surface area contributed by atoms with Crippen molar-refractivity contribution in [2.75, 3.05) is 57.9 Å². The van der Waals surface area contributed by atoms with E-state index in [-0.39, 0.29) is 47.2 Å². The first-order valence-electron chi connectivity index (χ1n) is 25.6. The fourth-order valence-corrected chi connectivity index (χ4v) is 7.47. The number of aromatic nitrogens is 5. The number of carbonyl (C=O) groups is 7. The number of pyridine rings is 3. The van der Waals surface area contributed by atoms with E-state index in [1.165, 1.54) is 29.4 Å². The lowest BCUT2D eigenvalue weighted by Crippen LogP contribution is -2.21. The molecule has 7 aliphatic rings. The Bertz CT molecular complexity index is 2140. The zero-order valence-electron chi connectivity index (χ0n) is 46.8. The van der Waals surface area contributed by atoms with Crippen LogP contribution in [0, 0.1) is 45.4 Å². The van der Waals surface area contributed by atoms with Gasteiger partial charge in [0.25, 0.3) is 0 Å². The summed E-state index contributed by atoms with van der Waals surface area (Å²) in [5, 5.41) is 16.1. The number of ketones is 4. The maximum atomic E-state index is 10.5. The fourth-order valence-electron chi connectivity index (χ4n) is 5.89. The summed E-state index contributed by atoms with van der Waals surface area (Å²) in [6.07, 6.45) is 15.7. The highest BCUT2D eigenvalue weighted by Gasteiger charge is 2.20. The molecule has 0 saturated carbocycles. The zero-order chi connectivity index (χ0) is 57.4. The van der Waals surface area contributed by atoms with Crippen molar-refractivity contribution in [3.63, 3.8) is 0 Å². The van der Waals surface area contributed by atoms with Gasteiger partial charge in [0.2, 0.25) is 17.7 Å². The summed E-state index contributed by atoms with van der Waals surface area (Å²) in [5.41, 5.74) is 5.16. The molecule has 5 saturated heterocycles. The lowest BCUT2D eigenvalue weighted by Gasteiger charge is -2.03. The van der Waals surface area contributed by atoms with Crippen molar-refractivity contribution in [1.82, 2.24) is 46.0 Å². The van der Waals surface area contributed by atoms with Gasteiger partial charge in [-0.3, -0.25) is 53.5 Å². The molecule has 21 heteroatoms. The number of hydrogen-bond donors (Lipinski definition) is 3. The van der Waals surface area contributed by atoms with E-state index in [0.717, 1.165) is 62.5 Å². The Morgan fingerprint density at radius 2 is 1.43 bits per heavy atom. The molecule has 19 nitrogen and oxygen atoms in total. The number of ether oxygens (including phenoxy) is 1. The number of thioether (sulfide) groups is 1. The monoisotopic (exact) mass is 1100 g/mol. The Hall–Kier alpha value is -6.42. The highest BCUT2D eigenvalue weighted by molar-refractivity contribution is 8.01. The molecule has 4 aromatic rings. The number of carbonyl (C=O) groups excluding carboxylic acids is 7. The SMILES string of the molecule is CC1=NSCC1=O.CC1CC(=O)CS1.CC1CCNC1=O.CC1CNCC1=O.CC1COCC1=O.CC1N=CNC1=O.CN1CCCC1=O.Cc1ccccn1.Cc1cccnc1.Cc1cccnn1.Cc1ccncc1. The van der Waals surface area contributed by atoms with Crippen LogP contribution >= 0.6 is 23.7 Å². The van der Waals surface area contributed by atoms with E-state index in [9.17, 15) is 33.6 Å². The summed E-state index contributed by atoms with van der Waals surface area (Å²) < 4.78 is 8.62. The van der Waals surface area contributed by atoms with Gasteiger partial charge in [-0.25, -0.2) is 4.40 Å². The average molecular weight is 1100 g/mol. The quantitative estimate of drug-likeness (QED) is 0.156. The molecule has 11 rings (SSSR count). The Labute approximate surface area is 464 Å². The first kappa shape index (κ1) is 68.6. The lowest BCUT2D eigenvalue weighted by molar-refractivity contribution is -0.126. The number of aliphatic imine (C=N–C) groups is 1. The summed E-state index contributed by atoms with van der Waals surface area (Å²) in [6.45, 7) is 23.6. The summed E-state index contributed by atoms with van der Waals surface area (Å²) in [5.74, 6) is 3.63. The normalized spacial score (nSPS) is 20.9. The third-order valence-electron chi connectivity index (χ3n) is 11.0. The summed E-state index contributed by atoms with van der Waals surface area (Å²) >= 11 is 3.08. The first-order valence-corrected chi connectivity index (χ1v) is 27.5. The van der Waals surface area contributed by atoms with Crippen LogP contribution in [0.5, 0.6) is 0 Å². The smallest absolute Gasteiger partial charge is 0.249 e. The molecule has 0 aromatic carbocycles. The van der Waals surface area contributed by atoms with Crippen LogP contribution in [0.15, 0.2) is 101 Å². The molecule has 7 aliphatic heterocycles. The van der Waals surface area contributed by atoms with Crippen LogP contribution in [0.2, 0.25) is 0 Å². The molecule has 420 valence electrons. The largest absolute Gasteiger partial charge is 0.373 e. The number of aryl methyl sites for hydroxylation is 4. The van der Waals surface area contributed by atoms with E-state index in [1.807, 2.05) is 116 Å². The maximum Gasteiger partial charge on any atom is 0.249 e. The van der Waals surface area contributed by atoms with Crippen LogP contribution in [-0.4, -0.2) is 152 Å². The molecule has 5 unspecified atom stereocenters. The number of amides is 3. The number of likely N-dealkylation sites (tertiary alicyclic amines) is 1. The van der Waals surface area contributed by atoms with Crippen molar-refractivity contribution in [2.45, 2.75) is 106 Å². The molecule has 0 aliphatic carbocycles. The van der Waals surface area contributed by atoms with Crippen molar-refractivity contribution in [2.24, 2.45) is 27.1 Å². The van der Waals surface area contributed by atoms with Crippen LogP contribution in [0.1, 0.15) is 89.7 Å². The maximum absolute atomic E-state index is 10.5. The van der Waals surface area contributed by atoms with E-state index < -0.39 is 0 Å². The molecule has 0 spiro atoms. The minimum Gasteiger partial charge on any atom is -0.373 e. The number of nitrogens with one attached hydrogen (secondary N) is 3. The highest BCUT2D eigenvalue weighted by atomic mass is 32.2. The molecule has 3 N–H and O–H groups in total. The molecule has 5 fully saturated rings. The van der Waals surface area contributed by atoms with Gasteiger partial charge in [-0.2, -0.15) is 22.0 Å². The van der Waals surface area contributed by atoms with Gasteiger partial charge in [0.05, 0.1) is 42.4 Å². The van der Waals surface area contributed by atoms with E-state index in [2.05, 4.69) is 57.4 Å². The van der Waals surface area contributed by atoms with Crippen molar-refractivity contribution < 1.29 is 38.3 Å². The minimum atomic E-state index is -0.167. The number of rotatable bonds is 0. The van der Waals surface area contributed by atoms with Gasteiger partial charge in [-0.15, -0.1) is 0 Å². The molecule has 5 atom stereocenters. The Morgan fingerprint density at radius 3 is 1.62 bits per heavy atom. The molecule has 0 bridgehead atoms. The second kappa shape index (κ2) is 41.7. The van der Waals surface area contributed by atoms with E-state index in [1.54, 1.807) is 61.5 Å². The van der Waals surface area contributed by atoms with E-state index in [0.29, 0.717) is 53.9 Å². The Balaban J connectivity index is 0.000000423. The zero-order valence-corrected chi connectivity index (χ0v) is 48.4. The van der Waals surface area contributed by atoms with E-state index >= 15 is 0 Å². The van der Waals surface area contributed by atoms with Crippen LogP contribution in [0.25, 0.3) is 0 Å². The molecule has 0 radical (unpaired) electrons. The summed E-state index contributed by atoms with van der Waals surface area (Å²) in [4.78, 5) is 90.3. The van der Waals surface area contributed by atoms with Gasteiger partial charge >= 0.3 is 0 Å². The van der Waals surface area contributed by atoms with E-state index in [4.69, 9.17) is 4.74 Å². The fraction of sp³-hybridized carbons (Fsp3) is 0.500. The predicted molar refractivity (Wildman–Crippen MR) is 308 cm³/mol. The van der Waals surface area contributed by atoms with Crippen LogP contribution in [0.4, 0.5) is 0 Å². The van der Waals surface area contributed by atoms with Gasteiger partial charge in [0.1, 0.15) is 18.4 Å². The third-order valence-corrected chi connectivity index (χ3v) is 13.0. The molecule has 11 heterocycles. The van der Waals surface area contributed by atoms with Gasteiger partial charge in [0.15, 0.2) is 17.3 Å². The molecular formula is C56H81N11O8S2. The van der Waals surface area contributed by atoms with Gasteiger partial charge in [-0.05, 0) is 120 Å². The topological polar surface area (TPSA) is 257 Å². The van der Waals surface area contributed by atoms with Crippen LogP contribution in [0.3, 0.4) is 0 Å². The van der Waals surface area contributed by atoms with Gasteiger partial charge in [0, 0.05) is 105 Å². The average Bonchev–Trinajstić information content (AvgIpc) is 4.33. The van der Waals surface area contributed by atoms with Gasteiger partial charge < -0.3 is 25.6 Å². The highest BCUT2D eigenvalue weighted by Crippen LogP contribution is 2.22. The van der Waals surface area contributed by atoms with Crippen LogP contribution in [-0.2, 0) is 38.3 Å². The van der Waals surface area contributed by atoms with Crippen LogP contribution < -0.4 is 16.0 Å². The Kier molecular flexibility index (Phi) is 37.2. The minimum absolute atomic E-state index is 0.0139. The Morgan fingerprint density at radius 1 is 0.714 bits per heavy atom. The lowest BCUT2D eigenvalue weighted by atomic mass is 10.1. The number of Topliss-reactive ketones (excluding diaryl/α,β-unsaturated/α-hetero) is 4. The van der Waals surface area contributed by atoms with Crippen molar-refractivity contribution >= 4 is 76.6 Å². The summed E-state index contributed by atoms with van der Waals surface area (Å²) in [6, 6.07) is 17.4. The number of nitrogens with zero attached hydrogens (tertiary/aromatic N) is 8. The summed E-state index contributed by atoms with van der Waals surface area (Å²) in [7, 11) is 1.84. The standard InChI is InChI=1S/3C6H7N.C5H6N2.3C5H9NO.C5H8O2.C5H8OS.C4H6N2O.C4H5NOS/c1-6-2-4-7-5-3-6;1-6-3-2-4-7-5-6;1-6-4-2-3-5-7-6;1-5-3-2-4-6-7-5;1-4-2-6-3-5(4)7;1-6-4-2-3-5(6)7;1-4-2-3-6-5(4)7;1-4-2-7-3-5(4)6;1-4-2-5(6)3-7-4;1-3-4(7)6-2-5-3;1-3-4(6)2-7-5-3/h3*2-5H,1H3;2-4H,1H3;4,6H,2-3H2,1H3;2-4H2,1H3;4H,2-3H2,1H3,(H,6,7);2*4H,2-3H2,1H3;2-3H,1H3,(H,5,6,7);2H2,1H3. The second-order valence-electron chi connectivity index (χ2n) is 18.4. The first-order chi connectivity index (χ1) is 36.7. The number of hydrogen-bond acceptors (Lipinski definition) is 18. The third kappa shape index (κ3) is 35.5. The van der Waals surface area contributed by atoms with Gasteiger partial charge in [-0.1, -0.05) is 39.8 Å². The molecule has 77 heavy (non-hydrogen) atoms.